The van der Waals surface area contributed by atoms with E-state index in [1.54, 1.807) is 24.3 Å². The van der Waals surface area contributed by atoms with Crippen LogP contribution in [-0.4, -0.2) is 120 Å². The fourth-order valence-electron chi connectivity index (χ4n) is 5.67. The second kappa shape index (κ2) is 12.0. The van der Waals surface area contributed by atoms with Gasteiger partial charge in [0, 0.05) is 11.1 Å². The predicted octanol–water partition coefficient (Wildman–Crippen LogP) is -2.30. The molecule has 10 unspecified atom stereocenters. The summed E-state index contributed by atoms with van der Waals surface area (Å²) in [6.45, 7) is 0.717. The number of hydrogen-bond donors (Lipinski definition) is 9. The second-order valence-electron chi connectivity index (χ2n) is 10.8. The van der Waals surface area contributed by atoms with Gasteiger partial charge in [-0.3, -0.25) is 0 Å². The molecule has 42 heavy (non-hydrogen) atoms. The number of rotatable bonds is 3. The average molecular weight is 583 g/mol. The third-order valence-corrected chi connectivity index (χ3v) is 8.23. The highest BCUT2D eigenvalue weighted by atomic mass is 16.5. The van der Waals surface area contributed by atoms with E-state index in [4.69, 9.17) is 9.47 Å². The Balaban J connectivity index is 1.41. The zero-order chi connectivity index (χ0) is 30.3. The van der Waals surface area contributed by atoms with Gasteiger partial charge in [0.15, 0.2) is 0 Å². The Labute approximate surface area is 242 Å². The number of aliphatic hydroxyl groups excluding tert-OH is 8. The molecule has 2 fully saturated rings. The Bertz CT molecular complexity index is 1330. The predicted molar refractivity (Wildman–Crippen MR) is 146 cm³/mol. The molecule has 0 saturated carbocycles. The molecule has 2 saturated heterocycles. The summed E-state index contributed by atoms with van der Waals surface area (Å²) in [6.07, 6.45) is -13.1. The molecule has 0 spiro atoms. The van der Waals surface area contributed by atoms with E-state index in [1.807, 2.05) is 19.1 Å². The van der Waals surface area contributed by atoms with E-state index in [0.717, 1.165) is 11.1 Å². The van der Waals surface area contributed by atoms with Crippen molar-refractivity contribution in [2.45, 2.75) is 80.0 Å². The molecule has 11 nitrogen and oxygen atoms in total. The molecule has 2 aliphatic heterocycles. The maximum Gasteiger partial charge on any atom is 0.147 e. The van der Waals surface area contributed by atoms with Crippen molar-refractivity contribution in [1.29, 1.82) is 0 Å². The lowest BCUT2D eigenvalue weighted by Crippen LogP contribution is -2.58. The van der Waals surface area contributed by atoms with Crippen molar-refractivity contribution in [1.82, 2.24) is 0 Å². The van der Waals surface area contributed by atoms with E-state index in [9.17, 15) is 46.0 Å². The molecule has 1 aliphatic carbocycles. The summed E-state index contributed by atoms with van der Waals surface area (Å²) in [5.41, 5.74) is 2.44. The average Bonchev–Trinajstić information content (AvgIpc) is 3.25. The highest BCUT2D eigenvalue weighted by Crippen LogP contribution is 2.49. The molecular weight excluding hydrogens is 548 g/mol. The van der Waals surface area contributed by atoms with Crippen molar-refractivity contribution in [3.8, 4) is 34.8 Å². The van der Waals surface area contributed by atoms with Crippen molar-refractivity contribution in [3.05, 3.63) is 58.7 Å². The lowest BCUT2D eigenvalue weighted by atomic mass is 9.87. The molecule has 2 aromatic rings. The normalized spacial score (nSPS) is 37.1. The largest absolute Gasteiger partial charge is 0.394 e. The standard InChI is InChI=1S/C31H34O11/c1-2-31(40)19-11-15(5-9-21-25(34)29(38)27(36)23(13-32)41-21)3-7-17(19)18-8-4-16(12-20(18)31)6-10-22-26(35)30(39)28(37)24(14-33)42-22/h3-4,7-8,11-12,21-30,32-40H,2,13-14H2,1H3. The quantitative estimate of drug-likeness (QED) is 0.176. The van der Waals surface area contributed by atoms with Gasteiger partial charge in [-0.25, -0.2) is 0 Å². The Hall–Kier alpha value is -2.88. The summed E-state index contributed by atoms with van der Waals surface area (Å²) >= 11 is 0. The molecule has 11 heteroatoms. The summed E-state index contributed by atoms with van der Waals surface area (Å²) in [6, 6.07) is 10.6. The van der Waals surface area contributed by atoms with E-state index in [1.165, 1.54) is 0 Å². The van der Waals surface area contributed by atoms with Gasteiger partial charge >= 0.3 is 0 Å². The summed E-state index contributed by atoms with van der Waals surface area (Å²) in [5, 5.41) is 91.3. The molecule has 2 heterocycles. The first kappa shape index (κ1) is 30.6. The maximum absolute atomic E-state index is 11.8. The van der Waals surface area contributed by atoms with Crippen molar-refractivity contribution >= 4 is 0 Å². The molecule has 5 rings (SSSR count). The smallest absolute Gasteiger partial charge is 0.147 e. The topological polar surface area (TPSA) is 201 Å². The number of aliphatic hydroxyl groups is 9. The molecule has 224 valence electrons. The minimum Gasteiger partial charge on any atom is -0.394 e. The van der Waals surface area contributed by atoms with Crippen LogP contribution in [0.25, 0.3) is 11.1 Å². The van der Waals surface area contributed by atoms with Crippen molar-refractivity contribution in [2.75, 3.05) is 13.2 Å². The van der Waals surface area contributed by atoms with Crippen LogP contribution in [0.4, 0.5) is 0 Å². The van der Waals surface area contributed by atoms with Crippen molar-refractivity contribution in [3.63, 3.8) is 0 Å². The van der Waals surface area contributed by atoms with Crippen LogP contribution in [-0.2, 0) is 15.1 Å². The van der Waals surface area contributed by atoms with Gasteiger partial charge in [-0.2, -0.15) is 0 Å². The number of benzene rings is 2. The lowest BCUT2D eigenvalue weighted by molar-refractivity contribution is -0.214. The van der Waals surface area contributed by atoms with Gasteiger partial charge in [-0.1, -0.05) is 42.7 Å². The highest BCUT2D eigenvalue weighted by Gasteiger charge is 2.44. The zero-order valence-corrected chi connectivity index (χ0v) is 22.7. The van der Waals surface area contributed by atoms with Crippen LogP contribution < -0.4 is 0 Å². The zero-order valence-electron chi connectivity index (χ0n) is 22.7. The molecule has 0 bridgehead atoms. The molecule has 2 aromatic carbocycles. The molecule has 10 atom stereocenters. The summed E-state index contributed by atoms with van der Waals surface area (Å²) in [5.74, 6) is 11.3. The monoisotopic (exact) mass is 582 g/mol. The van der Waals surface area contributed by atoms with Crippen LogP contribution in [0.2, 0.25) is 0 Å². The SMILES string of the molecule is CCC1(O)c2cc(C#CC3OC(CO)C(O)C(O)C3O)ccc2-c2ccc(C#CC3OC(CO)C(O)C(O)C3O)cc21. The molecule has 0 radical (unpaired) electrons. The van der Waals surface area contributed by atoms with Crippen LogP contribution in [0.1, 0.15) is 35.6 Å². The molecule has 9 N–H and O–H groups in total. The van der Waals surface area contributed by atoms with Gasteiger partial charge in [0.1, 0.15) is 66.6 Å². The van der Waals surface area contributed by atoms with E-state index >= 15 is 0 Å². The van der Waals surface area contributed by atoms with Gasteiger partial charge in [0.05, 0.1) is 13.2 Å². The molecule has 0 aromatic heterocycles. The Kier molecular flexibility index (Phi) is 8.75. The van der Waals surface area contributed by atoms with Crippen LogP contribution in [0, 0.1) is 23.7 Å². The van der Waals surface area contributed by atoms with Gasteiger partial charge in [0.2, 0.25) is 0 Å². The number of fused-ring (bicyclic) bond motifs is 3. The molecule has 0 amide bonds. The van der Waals surface area contributed by atoms with Gasteiger partial charge in [-0.15, -0.1) is 0 Å². The Morgan fingerprint density at radius 3 is 1.40 bits per heavy atom. The number of hydrogen-bond acceptors (Lipinski definition) is 11. The first-order valence-electron chi connectivity index (χ1n) is 13.7. The number of ether oxygens (including phenoxy) is 2. The van der Waals surface area contributed by atoms with Crippen LogP contribution in [0.3, 0.4) is 0 Å². The molecular formula is C31H34O11. The second-order valence-corrected chi connectivity index (χ2v) is 10.8. The summed E-state index contributed by atoms with van der Waals surface area (Å²) < 4.78 is 10.9. The highest BCUT2D eigenvalue weighted by molar-refractivity contribution is 5.81. The minimum atomic E-state index is -1.53. The van der Waals surface area contributed by atoms with E-state index in [0.29, 0.717) is 28.7 Å². The van der Waals surface area contributed by atoms with Crippen LogP contribution >= 0.6 is 0 Å². The van der Waals surface area contributed by atoms with Crippen molar-refractivity contribution in [2.24, 2.45) is 0 Å². The lowest BCUT2D eigenvalue weighted by Gasteiger charge is -2.37. The fraction of sp³-hybridized carbons (Fsp3) is 0.484. The molecule has 3 aliphatic rings. The summed E-state index contributed by atoms with van der Waals surface area (Å²) in [7, 11) is 0. The fourth-order valence-corrected chi connectivity index (χ4v) is 5.67. The Morgan fingerprint density at radius 2 is 1.05 bits per heavy atom. The summed E-state index contributed by atoms with van der Waals surface area (Å²) in [4.78, 5) is 0. The van der Waals surface area contributed by atoms with Crippen LogP contribution in [0.5, 0.6) is 0 Å². The first-order chi connectivity index (χ1) is 20.0. The van der Waals surface area contributed by atoms with E-state index < -0.39 is 79.9 Å². The van der Waals surface area contributed by atoms with E-state index in [-0.39, 0.29) is 0 Å². The third-order valence-electron chi connectivity index (χ3n) is 8.23. The van der Waals surface area contributed by atoms with E-state index in [2.05, 4.69) is 23.7 Å². The maximum atomic E-state index is 11.8. The van der Waals surface area contributed by atoms with Crippen LogP contribution in [0.15, 0.2) is 36.4 Å². The Morgan fingerprint density at radius 1 is 0.643 bits per heavy atom. The first-order valence-corrected chi connectivity index (χ1v) is 13.7. The van der Waals surface area contributed by atoms with Gasteiger partial charge in [-0.05, 0) is 52.9 Å². The van der Waals surface area contributed by atoms with Gasteiger partial charge < -0.3 is 55.4 Å². The third kappa shape index (κ3) is 5.24. The van der Waals surface area contributed by atoms with Crippen molar-refractivity contribution < 1.29 is 55.4 Å². The van der Waals surface area contributed by atoms with Gasteiger partial charge in [0.25, 0.3) is 0 Å². The minimum absolute atomic E-state index is 0.320.